The van der Waals surface area contributed by atoms with Crippen molar-refractivity contribution in [3.63, 3.8) is 0 Å². The number of hydrogen-bond acceptors (Lipinski definition) is 4. The van der Waals surface area contributed by atoms with Gasteiger partial charge in [-0.2, -0.15) is 11.3 Å². The van der Waals surface area contributed by atoms with Crippen LogP contribution in [0.2, 0.25) is 0 Å². The molecular weight excluding hydrogens is 294 g/mol. The Bertz CT molecular complexity index is 412. The Morgan fingerprint density at radius 3 is 2.75 bits per heavy atom. The largest absolute Gasteiger partial charge is 0.340 e. The number of rotatable bonds is 3. The molecule has 0 saturated carbocycles. The van der Waals surface area contributed by atoms with Crippen LogP contribution in [0, 0.1) is 0 Å². The fourth-order valence-corrected chi connectivity index (χ4v) is 3.64. The van der Waals surface area contributed by atoms with Gasteiger partial charge in [-0.15, -0.1) is 12.4 Å². The second-order valence-electron chi connectivity index (χ2n) is 5.37. The summed E-state index contributed by atoms with van der Waals surface area (Å²) in [6, 6.07) is 2.73. The molecule has 1 N–H and O–H groups in total. The van der Waals surface area contributed by atoms with Crippen LogP contribution < -0.4 is 5.32 Å². The number of piperazine rings is 1. The number of halogens is 1. The molecule has 3 heterocycles. The third-order valence-electron chi connectivity index (χ3n) is 4.15. The summed E-state index contributed by atoms with van der Waals surface area (Å²) in [5, 5.41) is 7.52. The fraction of sp³-hybridized carbons (Fsp3) is 0.643. The smallest absolute Gasteiger partial charge is 0.227 e. The topological polar surface area (TPSA) is 35.6 Å². The van der Waals surface area contributed by atoms with Gasteiger partial charge in [0.25, 0.3) is 0 Å². The molecule has 1 aromatic rings. The third kappa shape index (κ3) is 3.73. The molecule has 20 heavy (non-hydrogen) atoms. The molecule has 2 aliphatic heterocycles. The zero-order valence-corrected chi connectivity index (χ0v) is 13.2. The van der Waals surface area contributed by atoms with E-state index >= 15 is 0 Å². The zero-order chi connectivity index (χ0) is 13.1. The Labute approximate surface area is 130 Å². The molecule has 0 spiro atoms. The Hall–Kier alpha value is -0.620. The first-order valence-corrected chi connectivity index (χ1v) is 8.01. The molecule has 0 bridgehead atoms. The normalized spacial score (nSPS) is 23.6. The number of thiophene rings is 1. The Kier molecular flexibility index (Phi) is 5.84. The highest BCUT2D eigenvalue weighted by molar-refractivity contribution is 7.07. The van der Waals surface area contributed by atoms with Crippen molar-refractivity contribution in [2.24, 2.45) is 0 Å². The van der Waals surface area contributed by atoms with Crippen LogP contribution in [0.5, 0.6) is 0 Å². The van der Waals surface area contributed by atoms with Gasteiger partial charge in [-0.1, -0.05) is 0 Å². The summed E-state index contributed by atoms with van der Waals surface area (Å²) in [6.07, 6.45) is 1.82. The fourth-order valence-electron chi connectivity index (χ4n) is 2.97. The molecule has 2 aliphatic rings. The maximum absolute atomic E-state index is 12.2. The van der Waals surface area contributed by atoms with Gasteiger partial charge in [0, 0.05) is 38.8 Å². The Balaban J connectivity index is 0.00000147. The minimum atomic E-state index is 0. The Morgan fingerprint density at radius 2 is 2.15 bits per heavy atom. The van der Waals surface area contributed by atoms with E-state index in [0.717, 1.165) is 44.8 Å². The van der Waals surface area contributed by atoms with E-state index in [-0.39, 0.29) is 18.3 Å². The maximum Gasteiger partial charge on any atom is 0.227 e. The SMILES string of the molecule is Cl.O=C(Cc1ccsc1)N1CCN(C2CCNC2)CC1. The second-order valence-corrected chi connectivity index (χ2v) is 6.15. The molecule has 112 valence electrons. The summed E-state index contributed by atoms with van der Waals surface area (Å²) in [6.45, 7) is 6.09. The molecule has 0 radical (unpaired) electrons. The molecule has 2 fully saturated rings. The minimum absolute atomic E-state index is 0. The van der Waals surface area contributed by atoms with Crippen molar-refractivity contribution in [1.29, 1.82) is 0 Å². The van der Waals surface area contributed by atoms with Crippen molar-refractivity contribution < 1.29 is 4.79 Å². The molecule has 3 rings (SSSR count). The van der Waals surface area contributed by atoms with Crippen molar-refractivity contribution >= 4 is 29.7 Å². The summed E-state index contributed by atoms with van der Waals surface area (Å²) >= 11 is 1.66. The van der Waals surface area contributed by atoms with Crippen LogP contribution in [0.15, 0.2) is 16.8 Å². The van der Waals surface area contributed by atoms with E-state index in [0.29, 0.717) is 12.5 Å². The molecule has 1 unspecified atom stereocenters. The predicted molar refractivity (Wildman–Crippen MR) is 84.7 cm³/mol. The van der Waals surface area contributed by atoms with Crippen LogP contribution in [0.25, 0.3) is 0 Å². The lowest BCUT2D eigenvalue weighted by molar-refractivity contribution is -0.132. The lowest BCUT2D eigenvalue weighted by atomic mass is 10.1. The van der Waals surface area contributed by atoms with Gasteiger partial charge in [-0.05, 0) is 35.4 Å². The second kappa shape index (κ2) is 7.41. The van der Waals surface area contributed by atoms with Crippen LogP contribution >= 0.6 is 23.7 Å². The van der Waals surface area contributed by atoms with Gasteiger partial charge in [-0.3, -0.25) is 9.69 Å². The number of nitrogens with zero attached hydrogens (tertiary/aromatic N) is 2. The highest BCUT2D eigenvalue weighted by Gasteiger charge is 2.27. The third-order valence-corrected chi connectivity index (χ3v) is 4.89. The predicted octanol–water partition coefficient (Wildman–Crippen LogP) is 1.22. The van der Waals surface area contributed by atoms with Crippen LogP contribution in [-0.2, 0) is 11.2 Å². The first-order chi connectivity index (χ1) is 9.33. The summed E-state index contributed by atoms with van der Waals surface area (Å²) in [4.78, 5) is 16.8. The van der Waals surface area contributed by atoms with E-state index in [1.807, 2.05) is 16.3 Å². The van der Waals surface area contributed by atoms with E-state index in [4.69, 9.17) is 0 Å². The quantitative estimate of drug-likeness (QED) is 0.911. The molecular formula is C14H22ClN3OS. The first-order valence-electron chi connectivity index (χ1n) is 7.06. The molecule has 1 atom stereocenters. The van der Waals surface area contributed by atoms with Crippen LogP contribution in [0.1, 0.15) is 12.0 Å². The average Bonchev–Trinajstić information content (AvgIpc) is 3.12. The maximum atomic E-state index is 12.2. The van der Waals surface area contributed by atoms with Crippen molar-refractivity contribution in [1.82, 2.24) is 15.1 Å². The standard InChI is InChI=1S/C14H21N3OS.ClH/c18-14(9-12-2-8-19-11-12)17-6-4-16(5-7-17)13-1-3-15-10-13;/h2,8,11,13,15H,1,3-7,9-10H2;1H. The average molecular weight is 316 g/mol. The summed E-state index contributed by atoms with van der Waals surface area (Å²) in [5.41, 5.74) is 1.15. The Morgan fingerprint density at radius 1 is 1.35 bits per heavy atom. The highest BCUT2D eigenvalue weighted by Crippen LogP contribution is 2.14. The summed E-state index contributed by atoms with van der Waals surface area (Å²) < 4.78 is 0. The van der Waals surface area contributed by atoms with Crippen molar-refractivity contribution in [2.45, 2.75) is 18.9 Å². The van der Waals surface area contributed by atoms with E-state index in [1.165, 1.54) is 6.42 Å². The van der Waals surface area contributed by atoms with Gasteiger partial charge in [0.2, 0.25) is 5.91 Å². The highest BCUT2D eigenvalue weighted by atomic mass is 35.5. The van der Waals surface area contributed by atoms with Gasteiger partial charge in [0.05, 0.1) is 6.42 Å². The minimum Gasteiger partial charge on any atom is -0.340 e. The molecule has 0 aliphatic carbocycles. The van der Waals surface area contributed by atoms with Gasteiger partial charge in [0.15, 0.2) is 0 Å². The van der Waals surface area contributed by atoms with Crippen molar-refractivity contribution in [3.05, 3.63) is 22.4 Å². The monoisotopic (exact) mass is 315 g/mol. The number of hydrogen-bond donors (Lipinski definition) is 1. The lowest BCUT2D eigenvalue weighted by Gasteiger charge is -2.37. The summed E-state index contributed by atoms with van der Waals surface area (Å²) in [5.74, 6) is 0.280. The molecule has 0 aromatic carbocycles. The lowest BCUT2D eigenvalue weighted by Crippen LogP contribution is -2.52. The van der Waals surface area contributed by atoms with Gasteiger partial charge < -0.3 is 10.2 Å². The molecule has 6 heteroatoms. The van der Waals surface area contributed by atoms with E-state index in [1.54, 1.807) is 11.3 Å². The molecule has 4 nitrogen and oxygen atoms in total. The van der Waals surface area contributed by atoms with Gasteiger partial charge in [-0.25, -0.2) is 0 Å². The number of carbonyl (C=O) groups is 1. The first kappa shape index (κ1) is 15.8. The van der Waals surface area contributed by atoms with E-state index in [2.05, 4.69) is 15.6 Å². The van der Waals surface area contributed by atoms with Crippen molar-refractivity contribution in [3.8, 4) is 0 Å². The molecule has 1 aromatic heterocycles. The molecule has 1 amide bonds. The van der Waals surface area contributed by atoms with Crippen molar-refractivity contribution in [2.75, 3.05) is 39.3 Å². The number of nitrogens with one attached hydrogen (secondary N) is 1. The van der Waals surface area contributed by atoms with Crippen LogP contribution in [-0.4, -0.2) is 61.0 Å². The molecule has 2 saturated heterocycles. The number of carbonyl (C=O) groups excluding carboxylic acids is 1. The van der Waals surface area contributed by atoms with Gasteiger partial charge in [0.1, 0.15) is 0 Å². The number of amides is 1. The summed E-state index contributed by atoms with van der Waals surface area (Å²) in [7, 11) is 0. The van der Waals surface area contributed by atoms with E-state index in [9.17, 15) is 4.79 Å². The van der Waals surface area contributed by atoms with Crippen LogP contribution in [0.4, 0.5) is 0 Å². The van der Waals surface area contributed by atoms with E-state index < -0.39 is 0 Å². The van der Waals surface area contributed by atoms with Gasteiger partial charge >= 0.3 is 0 Å². The van der Waals surface area contributed by atoms with Crippen LogP contribution in [0.3, 0.4) is 0 Å². The zero-order valence-electron chi connectivity index (χ0n) is 11.6.